The van der Waals surface area contributed by atoms with Gasteiger partial charge in [0, 0.05) is 22.8 Å². The lowest BCUT2D eigenvalue weighted by Crippen LogP contribution is -2.29. The van der Waals surface area contributed by atoms with E-state index in [4.69, 9.17) is 16.7 Å². The minimum atomic E-state index is -0.968. The number of hydrogen-bond donors (Lipinski definition) is 1. The highest BCUT2D eigenvalue weighted by Gasteiger charge is 2.14. The molecule has 0 saturated carbocycles. The molecule has 0 aromatic heterocycles. The van der Waals surface area contributed by atoms with E-state index in [-0.39, 0.29) is 13.1 Å². The van der Waals surface area contributed by atoms with Gasteiger partial charge in [0.05, 0.1) is 0 Å². The molecule has 0 aliphatic rings. The van der Waals surface area contributed by atoms with Crippen LogP contribution in [0.3, 0.4) is 0 Å². The second-order valence-corrected chi connectivity index (χ2v) is 5.26. The molecular weight excluding hydrogens is 293 g/mol. The van der Waals surface area contributed by atoms with Crippen molar-refractivity contribution in [3.63, 3.8) is 0 Å². The molecule has 21 heavy (non-hydrogen) atoms. The molecule has 0 amide bonds. The Hall–Kier alpha value is -2.07. The van der Waals surface area contributed by atoms with Crippen LogP contribution in [-0.4, -0.2) is 17.6 Å². The summed E-state index contributed by atoms with van der Waals surface area (Å²) >= 11 is 5.72. The Morgan fingerprint density at radius 1 is 1.24 bits per heavy atom. The molecule has 2 aromatic rings. The standard InChI is InChI=1S/C16H15ClFNO2/c1-11-2-6-14(7-3-11)19(10-16(20)21)9-12-4-5-13(17)8-15(12)18/h2-8H,9-10H2,1H3,(H,20,21). The highest BCUT2D eigenvalue weighted by Crippen LogP contribution is 2.21. The van der Waals surface area contributed by atoms with Gasteiger partial charge >= 0.3 is 5.97 Å². The first-order valence-corrected chi connectivity index (χ1v) is 6.81. The largest absolute Gasteiger partial charge is 0.480 e. The number of carboxylic acids is 1. The Kier molecular flexibility index (Phi) is 4.81. The first-order valence-electron chi connectivity index (χ1n) is 6.43. The number of aryl methyl sites for hydroxylation is 1. The number of benzene rings is 2. The lowest BCUT2D eigenvalue weighted by atomic mass is 10.1. The Morgan fingerprint density at radius 2 is 1.90 bits per heavy atom. The quantitative estimate of drug-likeness (QED) is 0.911. The molecular formula is C16H15ClFNO2. The van der Waals surface area contributed by atoms with Crippen LogP contribution in [0.5, 0.6) is 0 Å². The highest BCUT2D eigenvalue weighted by molar-refractivity contribution is 6.30. The van der Waals surface area contributed by atoms with Crippen molar-refractivity contribution in [1.29, 1.82) is 0 Å². The lowest BCUT2D eigenvalue weighted by Gasteiger charge is -2.23. The van der Waals surface area contributed by atoms with Gasteiger partial charge in [0.15, 0.2) is 0 Å². The third-order valence-electron chi connectivity index (χ3n) is 3.10. The maximum atomic E-state index is 13.9. The molecule has 2 rings (SSSR count). The molecule has 110 valence electrons. The highest BCUT2D eigenvalue weighted by atomic mass is 35.5. The average molecular weight is 308 g/mol. The third-order valence-corrected chi connectivity index (χ3v) is 3.34. The van der Waals surface area contributed by atoms with E-state index in [1.165, 1.54) is 6.07 Å². The van der Waals surface area contributed by atoms with Gasteiger partial charge in [0.1, 0.15) is 12.4 Å². The molecule has 2 aromatic carbocycles. The van der Waals surface area contributed by atoms with Crippen LogP contribution in [0.1, 0.15) is 11.1 Å². The molecule has 0 bridgehead atoms. The van der Waals surface area contributed by atoms with Gasteiger partial charge in [-0.15, -0.1) is 0 Å². The van der Waals surface area contributed by atoms with Gasteiger partial charge in [-0.25, -0.2) is 4.39 Å². The Bertz CT molecular complexity index is 643. The molecule has 0 saturated heterocycles. The van der Waals surface area contributed by atoms with Gasteiger partial charge < -0.3 is 10.0 Å². The molecule has 0 atom stereocenters. The molecule has 0 aliphatic carbocycles. The summed E-state index contributed by atoms with van der Waals surface area (Å²) in [6, 6.07) is 11.8. The minimum absolute atomic E-state index is 0.165. The Balaban J connectivity index is 2.27. The van der Waals surface area contributed by atoms with E-state index in [1.807, 2.05) is 31.2 Å². The monoisotopic (exact) mass is 307 g/mol. The Labute approximate surface area is 127 Å². The first kappa shape index (κ1) is 15.3. The third kappa shape index (κ3) is 4.20. The van der Waals surface area contributed by atoms with Crippen molar-refractivity contribution in [3.8, 4) is 0 Å². The maximum Gasteiger partial charge on any atom is 0.323 e. The van der Waals surface area contributed by atoms with Crippen molar-refractivity contribution in [3.05, 3.63) is 64.4 Å². The lowest BCUT2D eigenvalue weighted by molar-refractivity contribution is -0.135. The van der Waals surface area contributed by atoms with Gasteiger partial charge in [-0.1, -0.05) is 35.4 Å². The second kappa shape index (κ2) is 6.59. The van der Waals surface area contributed by atoms with Gasteiger partial charge in [-0.05, 0) is 31.2 Å². The first-order chi connectivity index (χ1) is 9.95. The van der Waals surface area contributed by atoms with Crippen LogP contribution in [0, 0.1) is 12.7 Å². The van der Waals surface area contributed by atoms with Gasteiger partial charge in [-0.2, -0.15) is 0 Å². The molecule has 0 radical (unpaired) electrons. The fraction of sp³-hybridized carbons (Fsp3) is 0.188. The number of nitrogens with zero attached hydrogens (tertiary/aromatic N) is 1. The van der Waals surface area contributed by atoms with Crippen LogP contribution in [-0.2, 0) is 11.3 Å². The maximum absolute atomic E-state index is 13.9. The van der Waals surface area contributed by atoms with Crippen molar-refractivity contribution >= 4 is 23.3 Å². The van der Waals surface area contributed by atoms with E-state index in [1.54, 1.807) is 17.0 Å². The van der Waals surface area contributed by atoms with Gasteiger partial charge in [0.25, 0.3) is 0 Å². The summed E-state index contributed by atoms with van der Waals surface area (Å²) in [4.78, 5) is 12.6. The van der Waals surface area contributed by atoms with Crippen molar-refractivity contribution in [2.24, 2.45) is 0 Å². The minimum Gasteiger partial charge on any atom is -0.480 e. The van der Waals surface area contributed by atoms with E-state index >= 15 is 0 Å². The van der Waals surface area contributed by atoms with E-state index in [9.17, 15) is 9.18 Å². The van der Waals surface area contributed by atoms with Crippen LogP contribution in [0.4, 0.5) is 10.1 Å². The van der Waals surface area contributed by atoms with Crippen LogP contribution in [0.15, 0.2) is 42.5 Å². The molecule has 0 unspecified atom stereocenters. The number of anilines is 1. The molecule has 0 fully saturated rings. The summed E-state index contributed by atoms with van der Waals surface area (Å²) in [7, 11) is 0. The van der Waals surface area contributed by atoms with Crippen LogP contribution in [0.2, 0.25) is 5.02 Å². The van der Waals surface area contributed by atoms with Crippen molar-refractivity contribution < 1.29 is 14.3 Å². The van der Waals surface area contributed by atoms with Crippen molar-refractivity contribution in [2.75, 3.05) is 11.4 Å². The topological polar surface area (TPSA) is 40.5 Å². The van der Waals surface area contributed by atoms with E-state index in [0.717, 1.165) is 11.3 Å². The number of aliphatic carboxylic acids is 1. The van der Waals surface area contributed by atoms with E-state index in [2.05, 4.69) is 0 Å². The number of halogens is 2. The number of rotatable bonds is 5. The van der Waals surface area contributed by atoms with Crippen LogP contribution < -0.4 is 4.90 Å². The van der Waals surface area contributed by atoms with Crippen molar-refractivity contribution in [2.45, 2.75) is 13.5 Å². The summed E-state index contributed by atoms with van der Waals surface area (Å²) in [5.41, 5.74) is 2.21. The summed E-state index contributed by atoms with van der Waals surface area (Å²) in [6.07, 6.45) is 0. The molecule has 0 heterocycles. The summed E-state index contributed by atoms with van der Waals surface area (Å²) in [5.74, 6) is -1.41. The molecule has 1 N–H and O–H groups in total. The van der Waals surface area contributed by atoms with Gasteiger partial charge in [-0.3, -0.25) is 4.79 Å². The van der Waals surface area contributed by atoms with Crippen molar-refractivity contribution in [1.82, 2.24) is 0 Å². The fourth-order valence-corrected chi connectivity index (χ4v) is 2.17. The van der Waals surface area contributed by atoms with E-state index in [0.29, 0.717) is 10.6 Å². The molecule has 5 heteroatoms. The average Bonchev–Trinajstić information content (AvgIpc) is 2.41. The number of hydrogen-bond acceptors (Lipinski definition) is 2. The zero-order valence-electron chi connectivity index (χ0n) is 11.5. The predicted molar refractivity (Wildman–Crippen MR) is 81.3 cm³/mol. The number of carbonyl (C=O) groups is 1. The van der Waals surface area contributed by atoms with Crippen LogP contribution >= 0.6 is 11.6 Å². The zero-order valence-corrected chi connectivity index (χ0v) is 12.3. The second-order valence-electron chi connectivity index (χ2n) is 4.82. The predicted octanol–water partition coefficient (Wildman–Crippen LogP) is 3.88. The fourth-order valence-electron chi connectivity index (χ4n) is 2.01. The smallest absolute Gasteiger partial charge is 0.323 e. The normalized spacial score (nSPS) is 10.4. The summed E-state index contributed by atoms with van der Waals surface area (Å²) in [6.45, 7) is 1.91. The molecule has 0 aliphatic heterocycles. The number of carboxylic acid groups (broad SMARTS) is 1. The molecule has 3 nitrogen and oxygen atoms in total. The molecule has 0 spiro atoms. The Morgan fingerprint density at radius 3 is 2.48 bits per heavy atom. The summed E-state index contributed by atoms with van der Waals surface area (Å²) < 4.78 is 13.9. The van der Waals surface area contributed by atoms with Crippen LogP contribution in [0.25, 0.3) is 0 Å². The summed E-state index contributed by atoms with van der Waals surface area (Å²) in [5, 5.41) is 9.35. The SMILES string of the molecule is Cc1ccc(N(CC(=O)O)Cc2ccc(Cl)cc2F)cc1. The zero-order chi connectivity index (χ0) is 15.4. The van der Waals surface area contributed by atoms with E-state index < -0.39 is 11.8 Å². The van der Waals surface area contributed by atoms with Gasteiger partial charge in [0.2, 0.25) is 0 Å².